The molecule has 0 N–H and O–H groups in total. The summed E-state index contributed by atoms with van der Waals surface area (Å²) in [6, 6.07) is 11.7. The van der Waals surface area contributed by atoms with Crippen molar-refractivity contribution in [3.63, 3.8) is 0 Å². The molecule has 0 bridgehead atoms. The number of aromatic nitrogens is 5. The number of para-hydroxylation sites is 1. The third-order valence-corrected chi connectivity index (χ3v) is 5.73. The van der Waals surface area contributed by atoms with Crippen LogP contribution in [0.4, 0.5) is 0 Å². The normalized spacial score (nSPS) is 11.0. The molecule has 0 radical (unpaired) electrons. The number of thioether (sulfide) groups is 1. The van der Waals surface area contributed by atoms with Gasteiger partial charge in [-0.15, -0.1) is 21.5 Å². The van der Waals surface area contributed by atoms with Gasteiger partial charge in [0.25, 0.3) is 0 Å². The monoisotopic (exact) mass is 399 g/mol. The Morgan fingerprint density at radius 3 is 2.85 bits per heavy atom. The van der Waals surface area contributed by atoms with Gasteiger partial charge >= 0.3 is 0 Å². The van der Waals surface area contributed by atoms with Gasteiger partial charge in [0.05, 0.1) is 23.3 Å². The molecule has 4 aromatic rings. The summed E-state index contributed by atoms with van der Waals surface area (Å²) in [7, 11) is 1.65. The standard InChI is InChI=1S/C18H17N5O2S2/c1-3-23-17(12-7-4-5-8-13(12)24-2)20-21-18(23)27-11-15-19-16(22-25-15)14-9-6-10-26-14/h4-10H,3,11H2,1-2H3. The van der Waals surface area contributed by atoms with Crippen molar-refractivity contribution in [3.05, 3.63) is 47.7 Å². The molecule has 0 amide bonds. The number of ether oxygens (including phenoxy) is 1. The molecule has 0 aliphatic heterocycles. The third kappa shape index (κ3) is 3.60. The lowest BCUT2D eigenvalue weighted by Crippen LogP contribution is -2.01. The van der Waals surface area contributed by atoms with E-state index in [2.05, 4.69) is 31.8 Å². The highest BCUT2D eigenvalue weighted by Gasteiger charge is 2.17. The molecule has 0 spiro atoms. The molecule has 138 valence electrons. The minimum absolute atomic E-state index is 0.530. The maximum atomic E-state index is 5.46. The Morgan fingerprint density at radius 1 is 1.19 bits per heavy atom. The Hall–Kier alpha value is -2.65. The van der Waals surface area contributed by atoms with Gasteiger partial charge in [0.1, 0.15) is 5.75 Å². The van der Waals surface area contributed by atoms with E-state index < -0.39 is 0 Å². The van der Waals surface area contributed by atoms with E-state index in [9.17, 15) is 0 Å². The first-order valence-corrected chi connectivity index (χ1v) is 10.2. The zero-order valence-corrected chi connectivity index (χ0v) is 16.5. The second-order valence-corrected chi connectivity index (χ2v) is 7.42. The molecule has 0 saturated carbocycles. The molecule has 0 aliphatic rings. The molecule has 9 heteroatoms. The van der Waals surface area contributed by atoms with E-state index in [4.69, 9.17) is 9.26 Å². The number of hydrogen-bond donors (Lipinski definition) is 0. The van der Waals surface area contributed by atoms with Crippen LogP contribution in [0.3, 0.4) is 0 Å². The summed E-state index contributed by atoms with van der Waals surface area (Å²) in [4.78, 5) is 5.44. The van der Waals surface area contributed by atoms with Crippen LogP contribution in [0.1, 0.15) is 12.8 Å². The fourth-order valence-corrected chi connectivity index (χ4v) is 4.14. The van der Waals surface area contributed by atoms with Crippen molar-refractivity contribution in [2.45, 2.75) is 24.4 Å². The van der Waals surface area contributed by atoms with E-state index in [0.29, 0.717) is 17.5 Å². The summed E-state index contributed by atoms with van der Waals surface area (Å²) >= 11 is 3.10. The largest absolute Gasteiger partial charge is 0.496 e. The van der Waals surface area contributed by atoms with Crippen LogP contribution in [0.5, 0.6) is 5.75 Å². The summed E-state index contributed by atoms with van der Waals surface area (Å²) in [6.45, 7) is 2.81. The molecule has 27 heavy (non-hydrogen) atoms. The SMILES string of the molecule is CCn1c(SCc2nc(-c3cccs3)no2)nnc1-c1ccccc1OC. The molecule has 0 atom stereocenters. The first-order valence-electron chi connectivity index (χ1n) is 8.36. The summed E-state index contributed by atoms with van der Waals surface area (Å²) < 4.78 is 12.9. The maximum Gasteiger partial charge on any atom is 0.237 e. The molecule has 0 unspecified atom stereocenters. The summed E-state index contributed by atoms with van der Waals surface area (Å²) in [5.41, 5.74) is 0.916. The number of benzene rings is 1. The molecule has 3 heterocycles. The van der Waals surface area contributed by atoms with Gasteiger partial charge in [-0.25, -0.2) is 0 Å². The van der Waals surface area contributed by atoms with Crippen LogP contribution < -0.4 is 4.74 Å². The molecule has 4 rings (SSSR count). The van der Waals surface area contributed by atoms with Gasteiger partial charge < -0.3 is 13.8 Å². The average molecular weight is 400 g/mol. The van der Waals surface area contributed by atoms with Crippen LogP contribution in [0.25, 0.3) is 22.1 Å². The second kappa shape index (κ2) is 7.93. The zero-order valence-electron chi connectivity index (χ0n) is 14.8. The maximum absolute atomic E-state index is 5.46. The predicted molar refractivity (Wildman–Crippen MR) is 105 cm³/mol. The zero-order chi connectivity index (χ0) is 18.6. The van der Waals surface area contributed by atoms with Crippen molar-refractivity contribution in [1.82, 2.24) is 24.9 Å². The highest BCUT2D eigenvalue weighted by atomic mass is 32.2. The Balaban J connectivity index is 1.54. The van der Waals surface area contributed by atoms with Crippen molar-refractivity contribution < 1.29 is 9.26 Å². The fourth-order valence-electron chi connectivity index (χ4n) is 2.65. The minimum atomic E-state index is 0.530. The highest BCUT2D eigenvalue weighted by Crippen LogP contribution is 2.31. The minimum Gasteiger partial charge on any atom is -0.496 e. The van der Waals surface area contributed by atoms with Crippen molar-refractivity contribution in [2.75, 3.05) is 7.11 Å². The van der Waals surface area contributed by atoms with Gasteiger partial charge in [0, 0.05) is 6.54 Å². The van der Waals surface area contributed by atoms with Crippen LogP contribution >= 0.6 is 23.1 Å². The van der Waals surface area contributed by atoms with Crippen LogP contribution in [-0.2, 0) is 12.3 Å². The van der Waals surface area contributed by atoms with E-state index in [-0.39, 0.29) is 0 Å². The van der Waals surface area contributed by atoms with Gasteiger partial charge in [-0.2, -0.15) is 4.98 Å². The van der Waals surface area contributed by atoms with Crippen LogP contribution in [0, 0.1) is 0 Å². The predicted octanol–water partition coefficient (Wildman–Crippen LogP) is 4.38. The Morgan fingerprint density at radius 2 is 2.07 bits per heavy atom. The summed E-state index contributed by atoms with van der Waals surface area (Å²) in [5.74, 6) is 3.26. The van der Waals surface area contributed by atoms with Gasteiger partial charge in [0.2, 0.25) is 11.7 Å². The first kappa shape index (κ1) is 17.7. The number of nitrogens with zero attached hydrogens (tertiary/aromatic N) is 5. The molecule has 0 saturated heterocycles. The van der Waals surface area contributed by atoms with E-state index in [1.807, 2.05) is 41.8 Å². The highest BCUT2D eigenvalue weighted by molar-refractivity contribution is 7.98. The Kier molecular flexibility index (Phi) is 5.21. The molecule has 1 aromatic carbocycles. The molecule has 0 aliphatic carbocycles. The number of methoxy groups -OCH3 is 1. The van der Waals surface area contributed by atoms with Crippen molar-refractivity contribution in [2.24, 2.45) is 0 Å². The molecule has 7 nitrogen and oxygen atoms in total. The lowest BCUT2D eigenvalue weighted by molar-refractivity contribution is 0.391. The quantitative estimate of drug-likeness (QED) is 0.427. The van der Waals surface area contributed by atoms with Crippen molar-refractivity contribution in [3.8, 4) is 27.8 Å². The molecule has 0 fully saturated rings. The van der Waals surface area contributed by atoms with E-state index >= 15 is 0 Å². The number of thiophene rings is 1. The topological polar surface area (TPSA) is 78.9 Å². The summed E-state index contributed by atoms with van der Waals surface area (Å²) in [6.07, 6.45) is 0. The van der Waals surface area contributed by atoms with Crippen LogP contribution in [-0.4, -0.2) is 32.0 Å². The van der Waals surface area contributed by atoms with Gasteiger partial charge in [-0.3, -0.25) is 0 Å². The van der Waals surface area contributed by atoms with Crippen molar-refractivity contribution >= 4 is 23.1 Å². The fraction of sp³-hybridized carbons (Fsp3) is 0.222. The molecule has 3 aromatic heterocycles. The number of hydrogen-bond acceptors (Lipinski definition) is 8. The Bertz CT molecular complexity index is 1030. The smallest absolute Gasteiger partial charge is 0.237 e. The first-order chi connectivity index (χ1) is 13.3. The summed E-state index contributed by atoms with van der Waals surface area (Å²) in [5, 5.41) is 15.5. The average Bonchev–Trinajstić information content (AvgIpc) is 3.46. The third-order valence-electron chi connectivity index (χ3n) is 3.92. The Labute approximate surface area is 164 Å². The lowest BCUT2D eigenvalue weighted by Gasteiger charge is -2.09. The van der Waals surface area contributed by atoms with E-state index in [1.165, 1.54) is 11.8 Å². The molecular formula is C18H17N5O2S2. The van der Waals surface area contributed by atoms with E-state index in [1.54, 1.807) is 18.4 Å². The second-order valence-electron chi connectivity index (χ2n) is 5.53. The lowest BCUT2D eigenvalue weighted by atomic mass is 10.2. The van der Waals surface area contributed by atoms with Crippen LogP contribution in [0.2, 0.25) is 0 Å². The van der Waals surface area contributed by atoms with Gasteiger partial charge in [0.15, 0.2) is 11.0 Å². The van der Waals surface area contributed by atoms with Crippen molar-refractivity contribution in [1.29, 1.82) is 0 Å². The van der Waals surface area contributed by atoms with Gasteiger partial charge in [-0.05, 0) is 30.5 Å². The van der Waals surface area contributed by atoms with Crippen LogP contribution in [0.15, 0.2) is 51.5 Å². The van der Waals surface area contributed by atoms with Gasteiger partial charge in [-0.1, -0.05) is 35.1 Å². The molecular weight excluding hydrogens is 382 g/mol. The van der Waals surface area contributed by atoms with E-state index in [0.717, 1.165) is 33.7 Å². The number of rotatable bonds is 7.